The Bertz CT molecular complexity index is 2560. The molecule has 0 unspecified atom stereocenters. The number of para-hydroxylation sites is 3. The Balaban J connectivity index is 1.24. The first-order valence-electron chi connectivity index (χ1n) is 14.0. The molecule has 4 N–H and O–H groups in total. The molecule has 3 aromatic heterocycles. The van der Waals surface area contributed by atoms with Crippen molar-refractivity contribution in [3.63, 3.8) is 0 Å². The Kier molecular flexibility index (Phi) is 8.06. The number of benzene rings is 3. The molecule has 16 heteroatoms. The van der Waals surface area contributed by atoms with E-state index in [1.165, 1.54) is 48.5 Å². The third-order valence-corrected chi connectivity index (χ3v) is 7.29. The van der Waals surface area contributed by atoms with E-state index in [2.05, 4.69) is 0 Å². The molecule has 0 bridgehead atoms. The maximum atomic E-state index is 13.5. The molecule has 4 amide bonds. The summed E-state index contributed by atoms with van der Waals surface area (Å²) in [4.78, 5) is 103. The van der Waals surface area contributed by atoms with E-state index in [0.29, 0.717) is 15.3 Å². The van der Waals surface area contributed by atoms with E-state index in [0.717, 1.165) is 4.57 Å². The minimum atomic E-state index is -1.21. The number of hydrazine groups is 2. The fourth-order valence-corrected chi connectivity index (χ4v) is 4.93. The molecule has 16 nitrogen and oxygen atoms in total. The molecule has 0 aliphatic rings. The van der Waals surface area contributed by atoms with Crippen LogP contribution in [0.25, 0.3) is 32.8 Å². The van der Waals surface area contributed by atoms with Crippen molar-refractivity contribution in [3.05, 3.63) is 138 Å². The third-order valence-electron chi connectivity index (χ3n) is 7.29. The highest BCUT2D eigenvalue weighted by molar-refractivity contribution is 6.05. The van der Waals surface area contributed by atoms with Gasteiger partial charge in [0, 0.05) is 10.8 Å². The first kappa shape index (κ1) is 31.1. The summed E-state index contributed by atoms with van der Waals surface area (Å²) in [5.74, 6) is 1.37. The van der Waals surface area contributed by atoms with Crippen LogP contribution in [0.5, 0.6) is 0 Å². The van der Waals surface area contributed by atoms with Crippen molar-refractivity contribution in [3.8, 4) is 0 Å². The minimum absolute atomic E-state index is 0.0140. The monoisotopic (exact) mass is 650 g/mol. The van der Waals surface area contributed by atoms with E-state index >= 15 is 0 Å². The van der Waals surface area contributed by atoms with Crippen LogP contribution in [0, 0.1) is 0 Å². The van der Waals surface area contributed by atoms with Crippen molar-refractivity contribution in [2.24, 2.45) is 5.84 Å². The van der Waals surface area contributed by atoms with Crippen LogP contribution in [0.2, 0.25) is 0 Å². The number of rotatable bonds is 6. The van der Waals surface area contributed by atoms with Crippen molar-refractivity contribution in [2.45, 2.75) is 13.1 Å². The molecule has 0 saturated carbocycles. The van der Waals surface area contributed by atoms with E-state index < -0.39 is 70.3 Å². The Morgan fingerprint density at radius 2 is 1.25 bits per heavy atom. The van der Waals surface area contributed by atoms with Crippen LogP contribution < -0.4 is 39.2 Å². The highest BCUT2D eigenvalue weighted by Gasteiger charge is 2.26. The van der Waals surface area contributed by atoms with Crippen LogP contribution >= 0.6 is 0 Å². The molecule has 0 aliphatic heterocycles. The Morgan fingerprint density at radius 3 is 1.92 bits per heavy atom. The van der Waals surface area contributed by atoms with E-state index in [1.807, 2.05) is 10.9 Å². The summed E-state index contributed by atoms with van der Waals surface area (Å²) in [6, 6.07) is 21.0. The summed E-state index contributed by atoms with van der Waals surface area (Å²) in [5, 5.41) is 0.916. The van der Waals surface area contributed by atoms with Crippen LogP contribution in [0.3, 0.4) is 0 Å². The molecule has 3 aromatic carbocycles. The topological polar surface area (TPSA) is 226 Å². The molecule has 48 heavy (non-hydrogen) atoms. The van der Waals surface area contributed by atoms with E-state index in [9.17, 15) is 38.4 Å². The van der Waals surface area contributed by atoms with Crippen LogP contribution in [0.15, 0.2) is 113 Å². The number of amides is 4. The van der Waals surface area contributed by atoms with Gasteiger partial charge in [-0.1, -0.05) is 48.5 Å². The predicted molar refractivity (Wildman–Crippen MR) is 168 cm³/mol. The number of nitrogens with one attached hydrogen (secondary N) is 2. The molecular formula is C32H22N6O10. The molecule has 0 atom stereocenters. The normalized spacial score (nSPS) is 11.0. The van der Waals surface area contributed by atoms with Gasteiger partial charge in [-0.3, -0.25) is 44.0 Å². The van der Waals surface area contributed by atoms with Crippen molar-refractivity contribution in [1.82, 2.24) is 25.0 Å². The molecular weight excluding hydrogens is 628 g/mol. The summed E-state index contributed by atoms with van der Waals surface area (Å²) in [5.41, 5.74) is -0.485. The van der Waals surface area contributed by atoms with E-state index in [-0.39, 0.29) is 27.1 Å². The second kappa shape index (κ2) is 12.5. The van der Waals surface area contributed by atoms with Crippen LogP contribution in [0.4, 0.5) is 0 Å². The standard InChI is InChI=1S/C32H22N6O10/c33-38(29(43)21-14-18-8-2-6-12-24(18)48-31(21)45)26(40)16-36-22-10-4-3-9-19(22)28(42)37(32(36)46)15-25(39)34-35-27(41)20-13-17-7-1-5-11-23(17)47-30(20)44/h1-14H,15-16,33H2,(H,34,39)(H,35,41). The van der Waals surface area contributed by atoms with E-state index in [4.69, 9.17) is 14.7 Å². The third kappa shape index (κ3) is 5.77. The smallest absolute Gasteiger partial charge is 0.349 e. The lowest BCUT2D eigenvalue weighted by Gasteiger charge is -2.17. The van der Waals surface area contributed by atoms with Gasteiger partial charge in [-0.25, -0.2) is 25.2 Å². The average molecular weight is 651 g/mol. The van der Waals surface area contributed by atoms with Crippen LogP contribution in [-0.4, -0.2) is 37.8 Å². The number of carbonyl (C=O) groups is 4. The molecule has 0 radical (unpaired) electrons. The molecule has 6 aromatic rings. The zero-order chi connectivity index (χ0) is 34.1. The number of aromatic nitrogens is 2. The van der Waals surface area contributed by atoms with Crippen molar-refractivity contribution in [1.29, 1.82) is 0 Å². The fraction of sp³-hybridized carbons (Fsp3) is 0.0625. The summed E-state index contributed by atoms with van der Waals surface area (Å²) in [6.45, 7) is -1.80. The van der Waals surface area contributed by atoms with Crippen molar-refractivity contribution in [2.75, 3.05) is 0 Å². The minimum Gasteiger partial charge on any atom is -0.422 e. The van der Waals surface area contributed by atoms with Gasteiger partial charge in [-0.2, -0.15) is 0 Å². The van der Waals surface area contributed by atoms with Gasteiger partial charge in [0.25, 0.3) is 29.2 Å². The lowest BCUT2D eigenvalue weighted by Crippen LogP contribution is -2.50. The lowest BCUT2D eigenvalue weighted by molar-refractivity contribution is -0.129. The van der Waals surface area contributed by atoms with Gasteiger partial charge in [-0.05, 0) is 36.4 Å². The van der Waals surface area contributed by atoms with Crippen molar-refractivity contribution < 1.29 is 28.0 Å². The maximum absolute atomic E-state index is 13.5. The lowest BCUT2D eigenvalue weighted by atomic mass is 10.2. The second-order valence-electron chi connectivity index (χ2n) is 10.3. The largest absolute Gasteiger partial charge is 0.422 e. The SMILES string of the molecule is NN(C(=O)Cn1c(=O)n(CC(=O)NNC(=O)c2cc3ccccc3oc2=O)c(=O)c2ccccc21)C(=O)c1cc2ccccc2oc1=O. The predicted octanol–water partition coefficient (Wildman–Crippen LogP) is 0.380. The summed E-state index contributed by atoms with van der Waals surface area (Å²) >= 11 is 0. The highest BCUT2D eigenvalue weighted by Crippen LogP contribution is 2.15. The molecule has 0 saturated heterocycles. The highest BCUT2D eigenvalue weighted by atomic mass is 16.4. The average Bonchev–Trinajstić information content (AvgIpc) is 3.09. The Morgan fingerprint density at radius 1 is 0.688 bits per heavy atom. The Hall–Kier alpha value is -6.94. The molecule has 0 spiro atoms. The second-order valence-corrected chi connectivity index (χ2v) is 10.3. The van der Waals surface area contributed by atoms with Gasteiger partial charge in [-0.15, -0.1) is 0 Å². The van der Waals surface area contributed by atoms with Crippen LogP contribution in [0.1, 0.15) is 20.7 Å². The number of fused-ring (bicyclic) bond motifs is 3. The number of hydrogen-bond acceptors (Lipinski definition) is 11. The zero-order valence-corrected chi connectivity index (χ0v) is 24.5. The number of imide groups is 1. The first-order chi connectivity index (χ1) is 23.0. The molecule has 0 aliphatic carbocycles. The summed E-state index contributed by atoms with van der Waals surface area (Å²) in [6.07, 6.45) is 0. The van der Waals surface area contributed by atoms with Gasteiger partial charge < -0.3 is 8.83 Å². The van der Waals surface area contributed by atoms with Gasteiger partial charge >= 0.3 is 16.9 Å². The molecule has 240 valence electrons. The number of nitrogens with zero attached hydrogens (tertiary/aromatic N) is 3. The van der Waals surface area contributed by atoms with E-state index in [1.54, 1.807) is 36.4 Å². The number of carbonyl (C=O) groups excluding carboxylic acids is 4. The van der Waals surface area contributed by atoms with Crippen molar-refractivity contribution >= 4 is 56.5 Å². The molecule has 0 fully saturated rings. The quantitative estimate of drug-likeness (QED) is 0.0966. The van der Waals surface area contributed by atoms with Gasteiger partial charge in [0.15, 0.2) is 0 Å². The summed E-state index contributed by atoms with van der Waals surface area (Å²) in [7, 11) is 0. The number of nitrogens with two attached hydrogens (primary N) is 1. The van der Waals surface area contributed by atoms with Gasteiger partial charge in [0.1, 0.15) is 35.4 Å². The fourth-order valence-electron chi connectivity index (χ4n) is 4.93. The first-order valence-corrected chi connectivity index (χ1v) is 14.0. The molecule has 3 heterocycles. The summed E-state index contributed by atoms with van der Waals surface area (Å²) < 4.78 is 11.6. The zero-order valence-electron chi connectivity index (χ0n) is 24.5. The van der Waals surface area contributed by atoms with Gasteiger partial charge in [0.05, 0.1) is 10.9 Å². The Labute approximate surface area is 266 Å². The van der Waals surface area contributed by atoms with Gasteiger partial charge in [0.2, 0.25) is 0 Å². The van der Waals surface area contributed by atoms with Crippen LogP contribution in [-0.2, 0) is 22.7 Å². The maximum Gasteiger partial charge on any atom is 0.349 e. The molecule has 6 rings (SSSR count). The number of hydrogen-bond donors (Lipinski definition) is 3.